The minimum absolute atomic E-state index is 0.269. The lowest BCUT2D eigenvalue weighted by Crippen LogP contribution is -2.14. The van der Waals surface area contributed by atoms with Crippen LogP contribution in [0.2, 0.25) is 10.0 Å². The van der Waals surface area contributed by atoms with Crippen molar-refractivity contribution in [2.24, 2.45) is 0 Å². The minimum atomic E-state index is -0.935. The Morgan fingerprint density at radius 3 is 2.28 bits per heavy atom. The van der Waals surface area contributed by atoms with Gasteiger partial charge in [0.1, 0.15) is 11.4 Å². The number of carboxylic acids is 1. The highest BCUT2D eigenvalue weighted by Gasteiger charge is 2.14. The Hall–Kier alpha value is -3.19. The Bertz CT molecular complexity index is 1220. The zero-order chi connectivity index (χ0) is 22.5. The van der Waals surface area contributed by atoms with Crippen LogP contribution in [0.25, 0.3) is 11.3 Å². The van der Waals surface area contributed by atoms with E-state index in [1.807, 2.05) is 42.5 Å². The molecule has 162 valence electrons. The average molecular weight is 467 g/mol. The van der Waals surface area contributed by atoms with E-state index >= 15 is 0 Å². The largest absolute Gasteiger partial charge is 0.478 e. The fourth-order valence-electron chi connectivity index (χ4n) is 3.28. The van der Waals surface area contributed by atoms with E-state index in [0.717, 1.165) is 28.1 Å². The molecule has 0 bridgehead atoms. The first-order chi connectivity index (χ1) is 15.5. The van der Waals surface area contributed by atoms with Gasteiger partial charge in [-0.05, 0) is 35.4 Å². The molecule has 4 aromatic rings. The number of carbonyl (C=O) groups is 1. The van der Waals surface area contributed by atoms with Gasteiger partial charge in [0.2, 0.25) is 0 Å². The van der Waals surface area contributed by atoms with Gasteiger partial charge in [-0.25, -0.2) is 4.79 Å². The van der Waals surface area contributed by atoms with Crippen LogP contribution in [0.1, 0.15) is 27.2 Å². The molecule has 8 heteroatoms. The van der Waals surface area contributed by atoms with Gasteiger partial charge in [-0.2, -0.15) is 15.0 Å². The Morgan fingerprint density at radius 1 is 0.875 bits per heavy atom. The Labute approximate surface area is 195 Å². The SMILES string of the molecule is O=C(O)c1ccc(CNCc2nn(Cc3ccc(Cl)c(Cl)c3)nc2-c2ccccc2)cc1. The fourth-order valence-corrected chi connectivity index (χ4v) is 3.60. The second-order valence-corrected chi connectivity index (χ2v) is 8.06. The lowest BCUT2D eigenvalue weighted by molar-refractivity contribution is 0.0697. The number of aromatic carboxylic acids is 1. The zero-order valence-electron chi connectivity index (χ0n) is 17.0. The van der Waals surface area contributed by atoms with Gasteiger partial charge in [0.25, 0.3) is 0 Å². The number of nitrogens with one attached hydrogen (secondary N) is 1. The van der Waals surface area contributed by atoms with Gasteiger partial charge in [0.05, 0.1) is 22.2 Å². The first-order valence-corrected chi connectivity index (χ1v) is 10.7. The van der Waals surface area contributed by atoms with Gasteiger partial charge in [-0.15, -0.1) is 0 Å². The van der Waals surface area contributed by atoms with Crippen molar-refractivity contribution < 1.29 is 9.90 Å². The minimum Gasteiger partial charge on any atom is -0.478 e. The third-order valence-electron chi connectivity index (χ3n) is 4.90. The second-order valence-electron chi connectivity index (χ2n) is 7.25. The van der Waals surface area contributed by atoms with Gasteiger partial charge >= 0.3 is 5.97 Å². The van der Waals surface area contributed by atoms with Gasteiger partial charge in [0, 0.05) is 18.7 Å². The van der Waals surface area contributed by atoms with Crippen LogP contribution >= 0.6 is 23.2 Å². The summed E-state index contributed by atoms with van der Waals surface area (Å²) in [7, 11) is 0. The first-order valence-electron chi connectivity index (χ1n) is 9.96. The summed E-state index contributed by atoms with van der Waals surface area (Å²) in [4.78, 5) is 12.7. The van der Waals surface area contributed by atoms with Crippen molar-refractivity contribution in [3.63, 3.8) is 0 Å². The molecule has 0 aliphatic rings. The van der Waals surface area contributed by atoms with Crippen molar-refractivity contribution in [2.45, 2.75) is 19.6 Å². The molecule has 1 aromatic heterocycles. The van der Waals surface area contributed by atoms with Gasteiger partial charge in [-0.3, -0.25) is 0 Å². The van der Waals surface area contributed by atoms with Gasteiger partial charge in [-0.1, -0.05) is 71.7 Å². The Kier molecular flexibility index (Phi) is 6.85. The van der Waals surface area contributed by atoms with Crippen LogP contribution in [0.3, 0.4) is 0 Å². The molecule has 0 atom stereocenters. The van der Waals surface area contributed by atoms with Crippen LogP contribution < -0.4 is 5.32 Å². The second kappa shape index (κ2) is 9.96. The van der Waals surface area contributed by atoms with Crippen molar-refractivity contribution in [2.75, 3.05) is 0 Å². The van der Waals surface area contributed by atoms with E-state index in [9.17, 15) is 4.79 Å². The molecule has 0 saturated carbocycles. The number of hydrogen-bond acceptors (Lipinski definition) is 4. The summed E-state index contributed by atoms with van der Waals surface area (Å²) in [6.45, 7) is 1.55. The molecule has 4 rings (SSSR count). The molecular formula is C24H20Cl2N4O2. The van der Waals surface area contributed by atoms with Crippen molar-refractivity contribution in [1.82, 2.24) is 20.3 Å². The number of carboxylic acid groups (broad SMARTS) is 1. The lowest BCUT2D eigenvalue weighted by atomic mass is 10.1. The van der Waals surface area contributed by atoms with E-state index in [1.54, 1.807) is 35.1 Å². The fraction of sp³-hybridized carbons (Fsp3) is 0.125. The monoisotopic (exact) mass is 466 g/mol. The zero-order valence-corrected chi connectivity index (χ0v) is 18.5. The van der Waals surface area contributed by atoms with E-state index in [-0.39, 0.29) is 5.56 Å². The van der Waals surface area contributed by atoms with Crippen LogP contribution in [-0.2, 0) is 19.6 Å². The molecule has 0 spiro atoms. The van der Waals surface area contributed by atoms with Crippen molar-refractivity contribution in [1.29, 1.82) is 0 Å². The summed E-state index contributed by atoms with van der Waals surface area (Å²) >= 11 is 12.2. The van der Waals surface area contributed by atoms with Crippen LogP contribution in [-0.4, -0.2) is 26.1 Å². The predicted molar refractivity (Wildman–Crippen MR) is 125 cm³/mol. The van der Waals surface area contributed by atoms with Gasteiger partial charge < -0.3 is 10.4 Å². The molecule has 0 unspecified atom stereocenters. The molecule has 6 nitrogen and oxygen atoms in total. The molecule has 0 radical (unpaired) electrons. The maximum absolute atomic E-state index is 11.0. The quantitative estimate of drug-likeness (QED) is 0.368. The highest BCUT2D eigenvalue weighted by molar-refractivity contribution is 6.42. The van der Waals surface area contributed by atoms with E-state index in [1.165, 1.54) is 0 Å². The van der Waals surface area contributed by atoms with Crippen LogP contribution in [0, 0.1) is 0 Å². The number of aromatic nitrogens is 3. The van der Waals surface area contributed by atoms with Crippen molar-refractivity contribution in [3.05, 3.63) is 105 Å². The van der Waals surface area contributed by atoms with Crippen LogP contribution in [0.4, 0.5) is 0 Å². The molecule has 32 heavy (non-hydrogen) atoms. The third kappa shape index (κ3) is 5.34. The van der Waals surface area contributed by atoms with Crippen LogP contribution in [0.5, 0.6) is 0 Å². The topological polar surface area (TPSA) is 80.0 Å². The molecule has 2 N–H and O–H groups in total. The summed E-state index contributed by atoms with van der Waals surface area (Å²) in [5, 5.41) is 22.8. The number of rotatable bonds is 8. The molecule has 0 saturated heterocycles. The number of halogens is 2. The molecule has 0 fully saturated rings. The smallest absolute Gasteiger partial charge is 0.335 e. The van der Waals surface area contributed by atoms with E-state index in [0.29, 0.717) is 29.7 Å². The predicted octanol–water partition coefficient (Wildman–Crippen LogP) is 5.29. The Morgan fingerprint density at radius 2 is 1.59 bits per heavy atom. The standard InChI is InChI=1S/C24H20Cl2N4O2/c25-20-11-8-17(12-21(20)26)15-30-28-22(23(29-30)18-4-2-1-3-5-18)14-27-13-16-6-9-19(10-7-16)24(31)32/h1-12,27H,13-15H2,(H,31,32). The summed E-state index contributed by atoms with van der Waals surface area (Å²) < 4.78 is 0. The maximum Gasteiger partial charge on any atom is 0.335 e. The summed E-state index contributed by atoms with van der Waals surface area (Å²) in [6, 6.07) is 22.2. The highest BCUT2D eigenvalue weighted by Crippen LogP contribution is 2.24. The first kappa shape index (κ1) is 22.0. The lowest BCUT2D eigenvalue weighted by Gasteiger charge is -2.05. The molecule has 0 amide bonds. The molecular weight excluding hydrogens is 447 g/mol. The number of benzene rings is 3. The van der Waals surface area contributed by atoms with Crippen molar-refractivity contribution in [3.8, 4) is 11.3 Å². The summed E-state index contributed by atoms with van der Waals surface area (Å²) in [5.74, 6) is -0.935. The van der Waals surface area contributed by atoms with E-state index in [4.69, 9.17) is 38.5 Å². The molecule has 0 aliphatic carbocycles. The maximum atomic E-state index is 11.0. The number of nitrogens with zero attached hydrogens (tertiary/aromatic N) is 3. The van der Waals surface area contributed by atoms with E-state index in [2.05, 4.69) is 5.32 Å². The van der Waals surface area contributed by atoms with Gasteiger partial charge in [0.15, 0.2) is 0 Å². The molecule has 1 heterocycles. The van der Waals surface area contributed by atoms with Crippen LogP contribution in [0.15, 0.2) is 72.8 Å². The average Bonchev–Trinajstić information content (AvgIpc) is 3.19. The normalized spacial score (nSPS) is 10.9. The number of hydrogen-bond donors (Lipinski definition) is 2. The highest BCUT2D eigenvalue weighted by atomic mass is 35.5. The Balaban J connectivity index is 1.51. The van der Waals surface area contributed by atoms with Crippen molar-refractivity contribution >= 4 is 29.2 Å². The third-order valence-corrected chi connectivity index (χ3v) is 5.64. The van der Waals surface area contributed by atoms with E-state index < -0.39 is 5.97 Å². The summed E-state index contributed by atoms with van der Waals surface area (Å²) in [5.41, 5.74) is 4.81. The summed E-state index contributed by atoms with van der Waals surface area (Å²) in [6.07, 6.45) is 0. The molecule has 0 aliphatic heterocycles. The molecule has 3 aromatic carbocycles.